The summed E-state index contributed by atoms with van der Waals surface area (Å²) in [5, 5.41) is 6.50. The summed E-state index contributed by atoms with van der Waals surface area (Å²) in [6.07, 6.45) is 13.9. The standard InChI is InChI=1S/C28H44N2O3/c1-25(2)22-7-6-18-20-13-21-19(5-4-12-32-21)26(20,3)10-11-27(18)16-28(22,27)9-8-23(25)30-24(31)33-17-14-29-15-17/h17-23,29H,4-16H2,1-3H3,(H,30,31)/t18?,19?,20?,21-,22?,23+,26?,27+,28?/m1/s1. The Morgan fingerprint density at radius 2 is 1.82 bits per heavy atom. The van der Waals surface area contributed by atoms with Gasteiger partial charge in [-0.2, -0.15) is 0 Å². The molecule has 5 saturated carbocycles. The fourth-order valence-corrected chi connectivity index (χ4v) is 11.1. The Bertz CT molecular complexity index is 841. The summed E-state index contributed by atoms with van der Waals surface area (Å²) in [6, 6.07) is 0.236. The molecule has 5 heteroatoms. The number of carbonyl (C=O) groups is 1. The quantitative estimate of drug-likeness (QED) is 0.621. The van der Waals surface area contributed by atoms with Crippen molar-refractivity contribution in [1.29, 1.82) is 0 Å². The predicted molar refractivity (Wildman–Crippen MR) is 127 cm³/mol. The third-order valence-corrected chi connectivity index (χ3v) is 12.8. The zero-order valence-electron chi connectivity index (χ0n) is 21.0. The van der Waals surface area contributed by atoms with E-state index < -0.39 is 0 Å². The number of rotatable bonds is 2. The maximum absolute atomic E-state index is 12.6. The summed E-state index contributed by atoms with van der Waals surface area (Å²) in [5.41, 5.74) is 1.78. The lowest BCUT2D eigenvalue weighted by atomic mass is 9.46. The molecule has 2 N–H and O–H groups in total. The van der Waals surface area contributed by atoms with Crippen LogP contribution in [0.15, 0.2) is 0 Å². The Morgan fingerprint density at radius 1 is 0.970 bits per heavy atom. The molecule has 2 aliphatic heterocycles. The second kappa shape index (κ2) is 6.90. The van der Waals surface area contributed by atoms with Crippen molar-refractivity contribution >= 4 is 6.09 Å². The molecule has 5 aliphatic carbocycles. The first-order chi connectivity index (χ1) is 15.8. The monoisotopic (exact) mass is 456 g/mol. The van der Waals surface area contributed by atoms with Gasteiger partial charge in [0.2, 0.25) is 0 Å². The first-order valence-electron chi connectivity index (χ1n) is 14.1. The van der Waals surface area contributed by atoms with Crippen molar-refractivity contribution in [1.82, 2.24) is 10.6 Å². The van der Waals surface area contributed by atoms with E-state index in [0.29, 0.717) is 22.3 Å². The van der Waals surface area contributed by atoms with Crippen LogP contribution in [-0.4, -0.2) is 44.0 Å². The molecule has 33 heavy (non-hydrogen) atoms. The third kappa shape index (κ3) is 2.70. The van der Waals surface area contributed by atoms with Gasteiger partial charge in [-0.3, -0.25) is 0 Å². The van der Waals surface area contributed by atoms with Crippen LogP contribution >= 0.6 is 0 Å². The van der Waals surface area contributed by atoms with Crippen molar-refractivity contribution < 1.29 is 14.3 Å². The van der Waals surface area contributed by atoms with Crippen molar-refractivity contribution in [3.63, 3.8) is 0 Å². The second-order valence-electron chi connectivity index (χ2n) is 14.0. The van der Waals surface area contributed by atoms with Crippen molar-refractivity contribution in [2.45, 2.75) is 103 Å². The number of nitrogens with one attached hydrogen (secondary N) is 2. The Balaban J connectivity index is 1.11. The smallest absolute Gasteiger partial charge is 0.407 e. The molecule has 0 aromatic heterocycles. The first-order valence-corrected chi connectivity index (χ1v) is 14.1. The van der Waals surface area contributed by atoms with Crippen LogP contribution in [-0.2, 0) is 9.47 Å². The Labute approximate surface area is 199 Å². The highest BCUT2D eigenvalue weighted by molar-refractivity contribution is 5.68. The zero-order chi connectivity index (χ0) is 22.6. The van der Waals surface area contributed by atoms with Crippen molar-refractivity contribution in [2.24, 2.45) is 45.3 Å². The van der Waals surface area contributed by atoms with E-state index in [1.54, 1.807) is 0 Å². The summed E-state index contributed by atoms with van der Waals surface area (Å²) < 4.78 is 12.0. The van der Waals surface area contributed by atoms with Crippen molar-refractivity contribution in [3.8, 4) is 0 Å². The number of carbonyl (C=O) groups excluding carboxylic acids is 1. The van der Waals surface area contributed by atoms with E-state index in [0.717, 1.165) is 49.8 Å². The molecule has 2 heterocycles. The third-order valence-electron chi connectivity index (χ3n) is 12.8. The van der Waals surface area contributed by atoms with E-state index in [-0.39, 0.29) is 23.7 Å². The lowest BCUT2D eigenvalue weighted by Gasteiger charge is -2.59. The summed E-state index contributed by atoms with van der Waals surface area (Å²) in [4.78, 5) is 12.6. The molecule has 2 saturated heterocycles. The number of hydrogen-bond acceptors (Lipinski definition) is 4. The van der Waals surface area contributed by atoms with Crippen LogP contribution in [0.2, 0.25) is 0 Å². The second-order valence-corrected chi connectivity index (χ2v) is 14.0. The van der Waals surface area contributed by atoms with E-state index in [9.17, 15) is 4.79 Å². The molecular weight excluding hydrogens is 412 g/mol. The molecule has 7 aliphatic rings. The molecule has 9 atom stereocenters. The Hall–Kier alpha value is -0.810. The largest absolute Gasteiger partial charge is 0.444 e. The number of amides is 1. The van der Waals surface area contributed by atoms with Gasteiger partial charge in [0.15, 0.2) is 0 Å². The molecule has 0 radical (unpaired) electrons. The lowest BCUT2D eigenvalue weighted by Crippen LogP contribution is -2.59. The lowest BCUT2D eigenvalue weighted by molar-refractivity contribution is -0.105. The van der Waals surface area contributed by atoms with E-state index >= 15 is 0 Å². The molecular formula is C28H44N2O3. The van der Waals surface area contributed by atoms with Crippen LogP contribution in [0.3, 0.4) is 0 Å². The van der Waals surface area contributed by atoms with Gasteiger partial charge in [-0.25, -0.2) is 4.79 Å². The molecule has 0 aromatic carbocycles. The predicted octanol–water partition coefficient (Wildman–Crippen LogP) is 4.89. The summed E-state index contributed by atoms with van der Waals surface area (Å²) in [6.45, 7) is 10.1. The maximum Gasteiger partial charge on any atom is 0.407 e. The summed E-state index contributed by atoms with van der Waals surface area (Å²) in [7, 11) is 0. The fraction of sp³-hybridized carbons (Fsp3) is 0.964. The van der Waals surface area contributed by atoms with Gasteiger partial charge in [0, 0.05) is 25.7 Å². The SMILES string of the molecule is CC12CC[C@@]34CC35CC[C@H](NC(=O)OC3CNC3)C(C)(C)C5CCC4C1C[C@H]1OCCCC12. The number of alkyl carbamates (subject to hydrolysis) is 1. The van der Waals surface area contributed by atoms with Crippen LogP contribution in [0.25, 0.3) is 0 Å². The van der Waals surface area contributed by atoms with Gasteiger partial charge in [-0.05, 0) is 110 Å². The van der Waals surface area contributed by atoms with Gasteiger partial charge in [-0.1, -0.05) is 20.8 Å². The molecule has 1 amide bonds. The van der Waals surface area contributed by atoms with Gasteiger partial charge in [0.25, 0.3) is 0 Å². The zero-order valence-corrected chi connectivity index (χ0v) is 21.0. The minimum absolute atomic E-state index is 0.0563. The minimum Gasteiger partial charge on any atom is -0.444 e. The highest BCUT2D eigenvalue weighted by atomic mass is 16.6. The van der Waals surface area contributed by atoms with E-state index in [4.69, 9.17) is 9.47 Å². The fourth-order valence-electron chi connectivity index (χ4n) is 11.1. The van der Waals surface area contributed by atoms with Gasteiger partial charge >= 0.3 is 6.09 Å². The topological polar surface area (TPSA) is 59.6 Å². The highest BCUT2D eigenvalue weighted by Crippen LogP contribution is 2.87. The maximum atomic E-state index is 12.6. The average Bonchev–Trinajstić information content (AvgIpc) is 3.33. The van der Waals surface area contributed by atoms with Crippen LogP contribution < -0.4 is 10.6 Å². The van der Waals surface area contributed by atoms with E-state index in [1.807, 2.05) is 0 Å². The van der Waals surface area contributed by atoms with Gasteiger partial charge < -0.3 is 20.1 Å². The molecule has 0 bridgehead atoms. The molecule has 0 aromatic rings. The Morgan fingerprint density at radius 3 is 2.61 bits per heavy atom. The van der Waals surface area contributed by atoms with Gasteiger partial charge in [-0.15, -0.1) is 0 Å². The van der Waals surface area contributed by atoms with E-state index in [1.165, 1.54) is 57.8 Å². The number of ether oxygens (including phenoxy) is 2. The molecule has 5 nitrogen and oxygen atoms in total. The summed E-state index contributed by atoms with van der Waals surface area (Å²) >= 11 is 0. The Kier molecular flexibility index (Phi) is 4.49. The van der Waals surface area contributed by atoms with Crippen LogP contribution in [0, 0.1) is 45.3 Å². The number of fused-ring (bicyclic) bond motifs is 4. The van der Waals surface area contributed by atoms with Gasteiger partial charge in [0.05, 0.1) is 6.10 Å². The minimum atomic E-state index is -0.197. The molecule has 7 fully saturated rings. The molecule has 7 rings (SSSR count). The summed E-state index contributed by atoms with van der Waals surface area (Å²) in [5.74, 6) is 3.34. The van der Waals surface area contributed by atoms with Crippen LogP contribution in [0.4, 0.5) is 4.79 Å². The van der Waals surface area contributed by atoms with E-state index in [2.05, 4.69) is 31.4 Å². The average molecular weight is 457 g/mol. The van der Waals surface area contributed by atoms with Crippen LogP contribution in [0.5, 0.6) is 0 Å². The van der Waals surface area contributed by atoms with Crippen molar-refractivity contribution in [2.75, 3.05) is 19.7 Å². The molecule has 2 spiro atoms. The first kappa shape index (κ1) is 21.5. The number of hydrogen-bond donors (Lipinski definition) is 2. The molecule has 6 unspecified atom stereocenters. The van der Waals surface area contributed by atoms with Crippen molar-refractivity contribution in [3.05, 3.63) is 0 Å². The van der Waals surface area contributed by atoms with Crippen LogP contribution in [0.1, 0.15) is 85.0 Å². The van der Waals surface area contributed by atoms with Gasteiger partial charge in [0.1, 0.15) is 6.10 Å². The molecule has 184 valence electrons. The highest BCUT2D eigenvalue weighted by Gasteiger charge is 2.80. The normalized spacial score (nSPS) is 53.9.